The highest BCUT2D eigenvalue weighted by atomic mass is 28.3. The van der Waals surface area contributed by atoms with Crippen LogP contribution >= 0.6 is 0 Å². The van der Waals surface area contributed by atoms with Crippen molar-refractivity contribution >= 4 is 19.0 Å². The maximum atomic E-state index is 5.18. The van der Waals surface area contributed by atoms with Crippen LogP contribution < -0.4 is 0 Å². The normalized spacial score (nSPS) is 12.9. The molecule has 0 aliphatic heterocycles. The van der Waals surface area contributed by atoms with Crippen LogP contribution in [0, 0.1) is 0 Å². The summed E-state index contributed by atoms with van der Waals surface area (Å²) in [6.45, 7) is 0. The molecule has 0 saturated heterocycles. The molecule has 0 unspecified atom stereocenters. The molecule has 19 heavy (non-hydrogen) atoms. The molecule has 0 aliphatic rings. The van der Waals surface area contributed by atoms with Crippen LogP contribution in [0.2, 0.25) is 17.8 Å². The molecule has 0 amide bonds. The fraction of sp³-hybridized carbons (Fsp3) is 1.00. The highest BCUT2D eigenvalue weighted by molar-refractivity contribution is 6.55. The van der Waals surface area contributed by atoms with Gasteiger partial charge in [-0.05, 0) is 12.8 Å². The lowest BCUT2D eigenvalue weighted by Crippen LogP contribution is -2.13. The highest BCUT2D eigenvalue weighted by Crippen LogP contribution is 2.07. The quantitative estimate of drug-likeness (QED) is 0.276. The van der Waals surface area contributed by atoms with Gasteiger partial charge in [-0.15, -0.1) is 0 Å². The van der Waals surface area contributed by atoms with Crippen LogP contribution in [-0.4, -0.2) is 60.1 Å². The molecule has 0 rings (SSSR count). The number of rotatable bonds is 14. The van der Waals surface area contributed by atoms with Crippen LogP contribution in [0.1, 0.15) is 25.7 Å². The first-order valence-electron chi connectivity index (χ1n) is 7.39. The van der Waals surface area contributed by atoms with E-state index in [1.165, 1.54) is 24.9 Å². The monoisotopic (exact) mass is 308 g/mol. The van der Waals surface area contributed by atoms with Gasteiger partial charge in [0.25, 0.3) is 0 Å². The van der Waals surface area contributed by atoms with Gasteiger partial charge in [-0.2, -0.15) is 0 Å². The lowest BCUT2D eigenvalue weighted by atomic mass is 10.3. The molecule has 0 aliphatic carbocycles. The Hall–Kier alpha value is 0.274. The summed E-state index contributed by atoms with van der Waals surface area (Å²) in [7, 11) is 7.22. The molecule has 0 aromatic rings. The molecule has 0 radical (unpaired) electrons. The Morgan fingerprint density at radius 1 is 0.684 bits per heavy atom. The standard InChI is InChI=1S/C13H32O4Si2/c1-14-12(15-2)7-5-9-18-11-19-10-6-8-13(16-3)17-4/h12-13H,5-11,18-19H2,1-4H3. The Morgan fingerprint density at radius 3 is 1.37 bits per heavy atom. The van der Waals surface area contributed by atoms with Crippen molar-refractivity contribution in [3.63, 3.8) is 0 Å². The Bertz CT molecular complexity index is 158. The smallest absolute Gasteiger partial charge is 0.156 e. The lowest BCUT2D eigenvalue weighted by Gasteiger charge is -2.13. The molecule has 0 atom stereocenters. The molecule has 0 aromatic heterocycles. The minimum atomic E-state index is 0.00580. The van der Waals surface area contributed by atoms with E-state index in [0.29, 0.717) is 0 Å². The molecule has 0 bridgehead atoms. The zero-order valence-electron chi connectivity index (χ0n) is 13.2. The summed E-state index contributed by atoms with van der Waals surface area (Å²) < 4.78 is 20.7. The topological polar surface area (TPSA) is 36.9 Å². The van der Waals surface area contributed by atoms with E-state index in [1.807, 2.05) is 0 Å². The summed E-state index contributed by atoms with van der Waals surface area (Å²) in [5.41, 5.74) is 1.59. The van der Waals surface area contributed by atoms with Crippen molar-refractivity contribution in [2.45, 2.75) is 56.0 Å². The first-order valence-corrected chi connectivity index (χ1v) is 11.4. The minimum absolute atomic E-state index is 0.00580. The SMILES string of the molecule is COC(CCC[SiH2]C[SiH2]CCCC(OC)OC)OC. The first-order chi connectivity index (χ1) is 9.28. The van der Waals surface area contributed by atoms with Gasteiger partial charge in [0.1, 0.15) is 0 Å². The van der Waals surface area contributed by atoms with E-state index in [2.05, 4.69) is 0 Å². The lowest BCUT2D eigenvalue weighted by molar-refractivity contribution is -0.106. The summed E-state index contributed by atoms with van der Waals surface area (Å²) in [5.74, 6) is 0. The van der Waals surface area contributed by atoms with E-state index in [0.717, 1.165) is 12.8 Å². The molecular formula is C13H32O4Si2. The van der Waals surface area contributed by atoms with Crippen LogP contribution in [0.4, 0.5) is 0 Å². The van der Waals surface area contributed by atoms with Crippen molar-refractivity contribution in [2.75, 3.05) is 28.4 Å². The molecule has 4 nitrogen and oxygen atoms in total. The van der Waals surface area contributed by atoms with E-state index >= 15 is 0 Å². The maximum Gasteiger partial charge on any atom is 0.156 e. The number of methoxy groups -OCH3 is 4. The predicted octanol–water partition coefficient (Wildman–Crippen LogP) is 1.33. The first kappa shape index (κ1) is 19.3. The molecule has 0 fully saturated rings. The average Bonchev–Trinajstić information content (AvgIpc) is 2.45. The van der Waals surface area contributed by atoms with Gasteiger partial charge in [-0.25, -0.2) is 0 Å². The summed E-state index contributed by atoms with van der Waals surface area (Å²) in [5, 5.41) is 0. The molecule has 116 valence electrons. The summed E-state index contributed by atoms with van der Waals surface area (Å²) in [4.78, 5) is 0. The molecule has 0 heterocycles. The Balaban J connectivity index is 3.19. The minimum Gasteiger partial charge on any atom is -0.356 e. The van der Waals surface area contributed by atoms with Crippen LogP contribution in [0.5, 0.6) is 0 Å². The van der Waals surface area contributed by atoms with Crippen molar-refractivity contribution in [1.29, 1.82) is 0 Å². The van der Waals surface area contributed by atoms with Gasteiger partial charge < -0.3 is 18.9 Å². The van der Waals surface area contributed by atoms with Crippen LogP contribution in [-0.2, 0) is 18.9 Å². The predicted molar refractivity (Wildman–Crippen MR) is 85.6 cm³/mol. The van der Waals surface area contributed by atoms with Gasteiger partial charge >= 0.3 is 0 Å². The Morgan fingerprint density at radius 2 is 1.05 bits per heavy atom. The fourth-order valence-electron chi connectivity index (χ4n) is 2.17. The van der Waals surface area contributed by atoms with Crippen molar-refractivity contribution in [1.82, 2.24) is 0 Å². The van der Waals surface area contributed by atoms with Crippen molar-refractivity contribution in [2.24, 2.45) is 0 Å². The van der Waals surface area contributed by atoms with Gasteiger partial charge in [0.2, 0.25) is 0 Å². The zero-order valence-corrected chi connectivity index (χ0v) is 16.0. The second-order valence-corrected chi connectivity index (χ2v) is 10.5. The van der Waals surface area contributed by atoms with Gasteiger partial charge in [0.05, 0.1) is 0 Å². The van der Waals surface area contributed by atoms with Crippen LogP contribution in [0.15, 0.2) is 0 Å². The van der Waals surface area contributed by atoms with E-state index in [4.69, 9.17) is 18.9 Å². The molecular weight excluding hydrogens is 276 g/mol. The average molecular weight is 309 g/mol. The zero-order chi connectivity index (χ0) is 14.3. The highest BCUT2D eigenvalue weighted by Gasteiger charge is 2.05. The Labute approximate surface area is 123 Å². The van der Waals surface area contributed by atoms with Gasteiger partial charge in [-0.1, -0.05) is 30.6 Å². The third-order valence-corrected chi connectivity index (χ3v) is 9.43. The van der Waals surface area contributed by atoms with Crippen LogP contribution in [0.25, 0.3) is 0 Å². The number of hydrogen-bond donors (Lipinski definition) is 0. The maximum absolute atomic E-state index is 5.18. The van der Waals surface area contributed by atoms with Gasteiger partial charge in [-0.3, -0.25) is 0 Å². The molecule has 0 aromatic carbocycles. The second-order valence-electron chi connectivity index (χ2n) is 4.85. The van der Waals surface area contributed by atoms with E-state index in [1.54, 1.807) is 34.1 Å². The molecule has 6 heteroatoms. The summed E-state index contributed by atoms with van der Waals surface area (Å²) in [6, 6.07) is 2.88. The molecule has 0 N–H and O–H groups in total. The van der Waals surface area contributed by atoms with E-state index < -0.39 is 0 Å². The van der Waals surface area contributed by atoms with Crippen molar-refractivity contribution in [3.8, 4) is 0 Å². The van der Waals surface area contributed by atoms with Gasteiger partial charge in [0.15, 0.2) is 12.6 Å². The summed E-state index contributed by atoms with van der Waals surface area (Å²) in [6.07, 6.45) is 4.64. The van der Waals surface area contributed by atoms with Crippen LogP contribution in [0.3, 0.4) is 0 Å². The van der Waals surface area contributed by atoms with Crippen molar-refractivity contribution in [3.05, 3.63) is 0 Å². The third-order valence-electron chi connectivity index (χ3n) is 3.43. The van der Waals surface area contributed by atoms with Crippen molar-refractivity contribution < 1.29 is 18.9 Å². The largest absolute Gasteiger partial charge is 0.356 e. The van der Waals surface area contributed by atoms with Gasteiger partial charge in [0, 0.05) is 47.5 Å². The Kier molecular flexibility index (Phi) is 14.9. The third kappa shape index (κ3) is 11.8. The molecule has 0 spiro atoms. The number of hydrogen-bond acceptors (Lipinski definition) is 4. The second kappa shape index (κ2) is 14.7. The fourth-order valence-corrected chi connectivity index (χ4v) is 7.70. The van der Waals surface area contributed by atoms with E-state index in [9.17, 15) is 0 Å². The summed E-state index contributed by atoms with van der Waals surface area (Å²) >= 11 is 0. The van der Waals surface area contributed by atoms with E-state index in [-0.39, 0.29) is 31.6 Å². The number of ether oxygens (including phenoxy) is 4. The molecule has 0 saturated carbocycles.